The van der Waals surface area contributed by atoms with Crippen molar-refractivity contribution in [3.8, 4) is 11.8 Å². The minimum atomic E-state index is -3.39. The monoisotopic (exact) mass is 601 g/mol. The largest absolute Gasteiger partial charge is 0.489 e. The first-order valence-electron chi connectivity index (χ1n) is 13.3. The third-order valence-electron chi connectivity index (χ3n) is 6.99. The van der Waals surface area contributed by atoms with E-state index >= 15 is 0 Å². The molecule has 1 heterocycles. The molecule has 4 rings (SSSR count). The van der Waals surface area contributed by atoms with Gasteiger partial charge in [-0.25, -0.2) is 12.8 Å². The number of benzene rings is 3. The number of carbonyl (C=O) groups excluding carboxylic acids is 1. The van der Waals surface area contributed by atoms with Crippen LogP contribution in [0, 0.1) is 17.1 Å². The summed E-state index contributed by atoms with van der Waals surface area (Å²) in [7, 11) is -3.39. The quantitative estimate of drug-likeness (QED) is 0.301. The van der Waals surface area contributed by atoms with Crippen LogP contribution in [-0.2, 0) is 14.6 Å². The highest BCUT2D eigenvalue weighted by Gasteiger charge is 2.34. The molecule has 1 amide bonds. The van der Waals surface area contributed by atoms with Crippen molar-refractivity contribution in [2.75, 3.05) is 23.8 Å². The average molecular weight is 602 g/mol. The lowest BCUT2D eigenvalue weighted by Gasteiger charge is -2.26. The topological polar surface area (TPSA) is 109 Å². The van der Waals surface area contributed by atoms with E-state index in [0.29, 0.717) is 35.5 Å². The SMILES string of the molecule is CCS(=O)(=O)c1ccc([C@H](CC#N)NC(=O)c2ccc(N3C[C@@H](Oc4ccc(F)cc4)C[C@H]3COC(F)F)cc2)cc1. The standard InChI is InChI=1S/C30H30F3N3O5S/c1-2-42(38,39)27-13-5-20(6-14-27)28(15-16-34)35-29(37)21-3-9-23(10-4-21)36-18-26(17-24(36)19-40-30(32)33)41-25-11-7-22(31)8-12-25/h3-14,24,26,28,30H,2,15,17-19H2,1H3,(H,35,37)/t24-,26-,28-/m0/s1. The third kappa shape index (κ3) is 7.80. The summed E-state index contributed by atoms with van der Waals surface area (Å²) in [6, 6.07) is 19.1. The van der Waals surface area contributed by atoms with Crippen molar-refractivity contribution in [2.45, 2.75) is 49.5 Å². The smallest absolute Gasteiger partial charge is 0.345 e. The highest BCUT2D eigenvalue weighted by Crippen LogP contribution is 2.30. The van der Waals surface area contributed by atoms with Crippen LogP contribution in [-0.4, -0.2) is 52.0 Å². The molecule has 0 spiro atoms. The number of hydrogen-bond acceptors (Lipinski definition) is 7. The second-order valence-corrected chi connectivity index (χ2v) is 12.0. The molecule has 0 aromatic heterocycles. The third-order valence-corrected chi connectivity index (χ3v) is 8.74. The van der Waals surface area contributed by atoms with Gasteiger partial charge in [0.25, 0.3) is 5.91 Å². The van der Waals surface area contributed by atoms with Crippen LogP contribution >= 0.6 is 0 Å². The minimum Gasteiger partial charge on any atom is -0.489 e. The van der Waals surface area contributed by atoms with Crippen molar-refractivity contribution in [1.82, 2.24) is 5.32 Å². The lowest BCUT2D eigenvalue weighted by atomic mass is 10.0. The number of anilines is 1. The van der Waals surface area contributed by atoms with Crippen LogP contribution in [0.25, 0.3) is 0 Å². The van der Waals surface area contributed by atoms with E-state index in [1.807, 2.05) is 11.0 Å². The fraction of sp³-hybridized carbons (Fsp3) is 0.333. The number of ether oxygens (including phenoxy) is 2. The summed E-state index contributed by atoms with van der Waals surface area (Å²) >= 11 is 0. The van der Waals surface area contributed by atoms with E-state index < -0.39 is 40.3 Å². The molecule has 222 valence electrons. The van der Waals surface area contributed by atoms with Gasteiger partial charge in [-0.3, -0.25) is 4.79 Å². The van der Waals surface area contributed by atoms with Crippen molar-refractivity contribution in [3.63, 3.8) is 0 Å². The van der Waals surface area contributed by atoms with Crippen LogP contribution < -0.4 is 15.0 Å². The maximum atomic E-state index is 13.3. The van der Waals surface area contributed by atoms with E-state index in [9.17, 15) is 31.6 Å². The maximum absolute atomic E-state index is 13.3. The Bertz CT molecular complexity index is 1500. The average Bonchev–Trinajstić information content (AvgIpc) is 3.39. The Morgan fingerprint density at radius 3 is 2.33 bits per heavy atom. The van der Waals surface area contributed by atoms with Crippen LogP contribution in [0.3, 0.4) is 0 Å². The van der Waals surface area contributed by atoms with Gasteiger partial charge in [0, 0.05) is 17.7 Å². The molecule has 3 aromatic carbocycles. The number of nitrogens with zero attached hydrogens (tertiary/aromatic N) is 2. The molecule has 1 N–H and O–H groups in total. The van der Waals surface area contributed by atoms with Crippen LogP contribution in [0.5, 0.6) is 5.75 Å². The van der Waals surface area contributed by atoms with Gasteiger partial charge in [-0.15, -0.1) is 0 Å². The Morgan fingerprint density at radius 2 is 1.74 bits per heavy atom. The minimum absolute atomic E-state index is 0.0290. The van der Waals surface area contributed by atoms with E-state index in [-0.39, 0.29) is 29.8 Å². The number of nitriles is 1. The Labute approximate surface area is 242 Å². The van der Waals surface area contributed by atoms with Crippen molar-refractivity contribution >= 4 is 21.4 Å². The number of hydrogen-bond donors (Lipinski definition) is 1. The van der Waals surface area contributed by atoms with Gasteiger partial charge in [0.05, 0.1) is 48.4 Å². The van der Waals surface area contributed by atoms with E-state index in [0.717, 1.165) is 0 Å². The molecule has 1 saturated heterocycles. The second kappa shape index (κ2) is 13.7. The molecule has 1 aliphatic rings. The molecule has 3 aromatic rings. The normalized spacial score (nSPS) is 17.6. The van der Waals surface area contributed by atoms with Gasteiger partial charge in [0.1, 0.15) is 17.7 Å². The highest BCUT2D eigenvalue weighted by molar-refractivity contribution is 7.91. The number of amides is 1. The number of alkyl halides is 2. The molecule has 0 bridgehead atoms. The van der Waals surface area contributed by atoms with Gasteiger partial charge < -0.3 is 19.7 Å². The zero-order chi connectivity index (χ0) is 30.3. The Morgan fingerprint density at radius 1 is 1.07 bits per heavy atom. The Hall–Kier alpha value is -4.08. The maximum Gasteiger partial charge on any atom is 0.345 e. The van der Waals surface area contributed by atoms with Crippen molar-refractivity contribution in [3.05, 3.63) is 89.7 Å². The van der Waals surface area contributed by atoms with Gasteiger partial charge in [0.2, 0.25) is 0 Å². The lowest BCUT2D eigenvalue weighted by molar-refractivity contribution is -0.131. The van der Waals surface area contributed by atoms with Crippen LogP contribution in [0.2, 0.25) is 0 Å². The summed E-state index contributed by atoms with van der Waals surface area (Å²) in [5.41, 5.74) is 1.56. The number of sulfone groups is 1. The molecular weight excluding hydrogens is 571 g/mol. The predicted octanol–water partition coefficient (Wildman–Crippen LogP) is 5.27. The molecule has 0 saturated carbocycles. The molecule has 1 fully saturated rings. The summed E-state index contributed by atoms with van der Waals surface area (Å²) in [5, 5.41) is 12.1. The zero-order valence-electron chi connectivity index (χ0n) is 22.8. The second-order valence-electron chi connectivity index (χ2n) is 9.74. The molecule has 3 atom stereocenters. The predicted molar refractivity (Wildman–Crippen MR) is 150 cm³/mol. The summed E-state index contributed by atoms with van der Waals surface area (Å²) < 4.78 is 73.6. The van der Waals surface area contributed by atoms with E-state index in [4.69, 9.17) is 4.74 Å². The summed E-state index contributed by atoms with van der Waals surface area (Å²) in [5.74, 6) is -0.428. The first-order chi connectivity index (χ1) is 20.1. The van der Waals surface area contributed by atoms with Crippen molar-refractivity contribution in [2.24, 2.45) is 0 Å². The summed E-state index contributed by atoms with van der Waals surface area (Å²) in [6.07, 6.45) is -0.00523. The Balaban J connectivity index is 1.46. The first kappa shape index (κ1) is 30.9. The fourth-order valence-electron chi connectivity index (χ4n) is 4.79. The lowest BCUT2D eigenvalue weighted by Crippen LogP contribution is -2.34. The van der Waals surface area contributed by atoms with Crippen molar-refractivity contribution < 1.29 is 35.9 Å². The molecule has 42 heavy (non-hydrogen) atoms. The van der Waals surface area contributed by atoms with E-state index in [1.54, 1.807) is 43.3 Å². The first-order valence-corrected chi connectivity index (χ1v) is 14.9. The van der Waals surface area contributed by atoms with Crippen molar-refractivity contribution in [1.29, 1.82) is 5.26 Å². The molecule has 8 nitrogen and oxygen atoms in total. The van der Waals surface area contributed by atoms with Gasteiger partial charge in [-0.05, 0) is 66.2 Å². The van der Waals surface area contributed by atoms with Gasteiger partial charge in [-0.1, -0.05) is 19.1 Å². The van der Waals surface area contributed by atoms with Gasteiger partial charge in [-0.2, -0.15) is 14.0 Å². The summed E-state index contributed by atoms with van der Waals surface area (Å²) in [6.45, 7) is -1.26. The van der Waals surface area contributed by atoms with E-state index in [1.165, 1.54) is 36.4 Å². The highest BCUT2D eigenvalue weighted by atomic mass is 32.2. The van der Waals surface area contributed by atoms with Gasteiger partial charge >= 0.3 is 6.61 Å². The Kier molecular flexibility index (Phi) is 10.1. The molecule has 12 heteroatoms. The summed E-state index contributed by atoms with van der Waals surface area (Å²) in [4.78, 5) is 15.1. The number of rotatable bonds is 12. The van der Waals surface area contributed by atoms with Crippen LogP contribution in [0.1, 0.15) is 41.7 Å². The number of carbonyl (C=O) groups is 1. The van der Waals surface area contributed by atoms with E-state index in [2.05, 4.69) is 10.1 Å². The van der Waals surface area contributed by atoms with Gasteiger partial charge in [0.15, 0.2) is 9.84 Å². The zero-order valence-corrected chi connectivity index (χ0v) is 23.6. The molecule has 0 unspecified atom stereocenters. The molecular formula is C30H30F3N3O5S. The molecule has 0 radical (unpaired) electrons. The molecule has 0 aliphatic carbocycles. The number of nitrogens with one attached hydrogen (secondary N) is 1. The number of halogens is 3. The molecule has 1 aliphatic heterocycles. The fourth-order valence-corrected chi connectivity index (χ4v) is 5.67. The van der Waals surface area contributed by atoms with Crippen LogP contribution in [0.15, 0.2) is 77.7 Å². The van der Waals surface area contributed by atoms with Crippen LogP contribution in [0.4, 0.5) is 18.9 Å².